The van der Waals surface area contributed by atoms with Gasteiger partial charge in [-0.3, -0.25) is 4.98 Å². The molecular weight excluding hydrogens is 417 g/mol. The zero-order valence-corrected chi connectivity index (χ0v) is 18.3. The lowest BCUT2D eigenvalue weighted by atomic mass is 9.94. The Bertz CT molecular complexity index is 1150. The lowest BCUT2D eigenvalue weighted by Gasteiger charge is -2.31. The molecule has 162 valence electrons. The first-order chi connectivity index (χ1) is 14.8. The molecule has 3 aromatic rings. The van der Waals surface area contributed by atoms with Gasteiger partial charge in [-0.25, -0.2) is 22.8 Å². The van der Waals surface area contributed by atoms with Crippen LogP contribution in [-0.2, 0) is 10.0 Å². The van der Waals surface area contributed by atoms with Crippen molar-refractivity contribution in [1.29, 1.82) is 0 Å². The van der Waals surface area contributed by atoms with Gasteiger partial charge in [0.1, 0.15) is 11.6 Å². The Morgan fingerprint density at radius 3 is 2.39 bits per heavy atom. The fourth-order valence-corrected chi connectivity index (χ4v) is 5.13. The normalized spacial score (nSPS) is 15.7. The quantitative estimate of drug-likeness (QED) is 0.604. The van der Waals surface area contributed by atoms with Crippen LogP contribution in [0.1, 0.15) is 24.5 Å². The van der Waals surface area contributed by atoms with Crippen LogP contribution in [0.15, 0.2) is 59.8 Å². The average Bonchev–Trinajstić information content (AvgIpc) is 2.79. The highest BCUT2D eigenvalue weighted by Gasteiger charge is 2.31. The minimum atomic E-state index is -3.64. The van der Waals surface area contributed by atoms with Crippen molar-refractivity contribution in [2.24, 2.45) is 0 Å². The van der Waals surface area contributed by atoms with Gasteiger partial charge in [0, 0.05) is 62.8 Å². The molecule has 0 bridgehead atoms. The van der Waals surface area contributed by atoms with E-state index < -0.39 is 15.8 Å². The minimum absolute atomic E-state index is 0.114. The van der Waals surface area contributed by atoms with E-state index in [2.05, 4.69) is 9.97 Å². The van der Waals surface area contributed by atoms with E-state index in [0.717, 1.165) is 17.1 Å². The summed E-state index contributed by atoms with van der Waals surface area (Å²) in [6.45, 7) is 0.766. The maximum Gasteiger partial charge on any atom is 0.243 e. The second-order valence-corrected chi connectivity index (χ2v) is 9.68. The number of aromatic nitrogens is 3. The van der Waals surface area contributed by atoms with E-state index in [1.165, 1.54) is 28.6 Å². The second kappa shape index (κ2) is 8.68. The van der Waals surface area contributed by atoms with E-state index >= 15 is 0 Å². The largest absolute Gasteiger partial charge is 0.363 e. The molecule has 0 saturated carbocycles. The number of halogens is 1. The lowest BCUT2D eigenvalue weighted by molar-refractivity contribution is 0.316. The van der Waals surface area contributed by atoms with Crippen LogP contribution in [0.5, 0.6) is 0 Å². The van der Waals surface area contributed by atoms with Crippen molar-refractivity contribution in [1.82, 2.24) is 19.3 Å². The van der Waals surface area contributed by atoms with E-state index in [1.54, 1.807) is 12.4 Å². The third-order valence-electron chi connectivity index (χ3n) is 5.43. The highest BCUT2D eigenvalue weighted by Crippen LogP contribution is 2.32. The van der Waals surface area contributed by atoms with Gasteiger partial charge in [0.05, 0.1) is 4.90 Å². The SMILES string of the molecule is CN(C)c1cc(C2CCN(S(=O)(=O)c3ccc(F)cc3)CC2)nc(-c2cccnc2)n1. The van der Waals surface area contributed by atoms with Crippen LogP contribution in [0.2, 0.25) is 0 Å². The maximum atomic E-state index is 13.2. The fourth-order valence-electron chi connectivity index (χ4n) is 3.66. The number of rotatable bonds is 5. The van der Waals surface area contributed by atoms with Crippen LogP contribution >= 0.6 is 0 Å². The van der Waals surface area contributed by atoms with Gasteiger partial charge in [0.25, 0.3) is 0 Å². The number of piperidine rings is 1. The molecule has 7 nitrogen and oxygen atoms in total. The van der Waals surface area contributed by atoms with E-state index in [0.29, 0.717) is 31.8 Å². The molecule has 0 amide bonds. The van der Waals surface area contributed by atoms with E-state index in [1.807, 2.05) is 37.2 Å². The molecular formula is C22H24FN5O2S. The third kappa shape index (κ3) is 4.57. The van der Waals surface area contributed by atoms with Gasteiger partial charge in [-0.05, 0) is 49.2 Å². The van der Waals surface area contributed by atoms with Crippen LogP contribution in [0.3, 0.4) is 0 Å². The van der Waals surface area contributed by atoms with Gasteiger partial charge < -0.3 is 4.90 Å². The summed E-state index contributed by atoms with van der Waals surface area (Å²) in [5, 5.41) is 0. The molecule has 1 aromatic carbocycles. The Morgan fingerprint density at radius 1 is 1.06 bits per heavy atom. The minimum Gasteiger partial charge on any atom is -0.363 e. The summed E-state index contributed by atoms with van der Waals surface area (Å²) >= 11 is 0. The zero-order chi connectivity index (χ0) is 22.0. The van der Waals surface area contributed by atoms with Gasteiger partial charge in [0.2, 0.25) is 10.0 Å². The van der Waals surface area contributed by atoms with Crippen molar-refractivity contribution < 1.29 is 12.8 Å². The van der Waals surface area contributed by atoms with Crippen molar-refractivity contribution >= 4 is 15.8 Å². The van der Waals surface area contributed by atoms with Crippen LogP contribution in [0.4, 0.5) is 10.2 Å². The fraction of sp³-hybridized carbons (Fsp3) is 0.318. The summed E-state index contributed by atoms with van der Waals surface area (Å²) in [6.07, 6.45) is 4.74. The Labute approximate surface area is 181 Å². The number of anilines is 1. The topological polar surface area (TPSA) is 79.3 Å². The van der Waals surface area contributed by atoms with Crippen LogP contribution < -0.4 is 4.90 Å². The molecule has 4 rings (SSSR count). The Morgan fingerprint density at radius 2 is 1.77 bits per heavy atom. The van der Waals surface area contributed by atoms with Gasteiger partial charge in [-0.2, -0.15) is 4.31 Å². The van der Waals surface area contributed by atoms with E-state index in [4.69, 9.17) is 4.98 Å². The molecule has 1 aliphatic rings. The van der Waals surface area contributed by atoms with Crippen molar-refractivity contribution in [3.05, 3.63) is 66.4 Å². The molecule has 1 aliphatic heterocycles. The van der Waals surface area contributed by atoms with Crippen molar-refractivity contribution in [3.63, 3.8) is 0 Å². The summed E-state index contributed by atoms with van der Waals surface area (Å²) in [7, 11) is 0.215. The van der Waals surface area contributed by atoms with Crippen molar-refractivity contribution in [2.75, 3.05) is 32.1 Å². The summed E-state index contributed by atoms with van der Waals surface area (Å²) in [4.78, 5) is 15.6. The molecule has 3 heterocycles. The molecule has 0 aliphatic carbocycles. The summed E-state index contributed by atoms with van der Waals surface area (Å²) < 4.78 is 40.4. The predicted octanol–water partition coefficient (Wildman–Crippen LogP) is 3.31. The highest BCUT2D eigenvalue weighted by molar-refractivity contribution is 7.89. The number of hydrogen-bond acceptors (Lipinski definition) is 6. The van der Waals surface area contributed by atoms with Crippen LogP contribution in [-0.4, -0.2) is 54.9 Å². The molecule has 0 radical (unpaired) electrons. The first-order valence-corrected chi connectivity index (χ1v) is 11.5. The second-order valence-electron chi connectivity index (χ2n) is 7.74. The standard InChI is InChI=1S/C22H24FN5O2S/c1-27(2)21-14-20(25-22(26-21)17-4-3-11-24-15-17)16-9-12-28(13-10-16)31(29,30)19-7-5-18(23)6-8-19/h3-8,11,14-16H,9-10,12-13H2,1-2H3. The Balaban J connectivity index is 1.56. The lowest BCUT2D eigenvalue weighted by Crippen LogP contribution is -2.38. The van der Waals surface area contributed by atoms with Crippen LogP contribution in [0, 0.1) is 5.82 Å². The molecule has 0 atom stereocenters. The van der Waals surface area contributed by atoms with E-state index in [-0.39, 0.29) is 10.8 Å². The molecule has 31 heavy (non-hydrogen) atoms. The first-order valence-electron chi connectivity index (χ1n) is 10.1. The van der Waals surface area contributed by atoms with Crippen molar-refractivity contribution in [2.45, 2.75) is 23.7 Å². The van der Waals surface area contributed by atoms with Gasteiger partial charge >= 0.3 is 0 Å². The average molecular weight is 442 g/mol. The first kappa shape index (κ1) is 21.3. The number of hydrogen-bond donors (Lipinski definition) is 0. The van der Waals surface area contributed by atoms with Gasteiger partial charge in [-0.15, -0.1) is 0 Å². The van der Waals surface area contributed by atoms with Gasteiger partial charge in [0.15, 0.2) is 5.82 Å². The smallest absolute Gasteiger partial charge is 0.243 e. The summed E-state index contributed by atoms with van der Waals surface area (Å²) in [6, 6.07) is 10.7. The van der Waals surface area contributed by atoms with Crippen LogP contribution in [0.25, 0.3) is 11.4 Å². The predicted molar refractivity (Wildman–Crippen MR) is 117 cm³/mol. The molecule has 0 unspecified atom stereocenters. The monoisotopic (exact) mass is 441 g/mol. The maximum absolute atomic E-state index is 13.2. The highest BCUT2D eigenvalue weighted by atomic mass is 32.2. The number of nitrogens with zero attached hydrogens (tertiary/aromatic N) is 5. The summed E-state index contributed by atoms with van der Waals surface area (Å²) in [5.41, 5.74) is 1.74. The molecule has 0 N–H and O–H groups in total. The zero-order valence-electron chi connectivity index (χ0n) is 17.4. The number of pyridine rings is 1. The third-order valence-corrected chi connectivity index (χ3v) is 7.35. The molecule has 2 aromatic heterocycles. The molecule has 0 spiro atoms. The molecule has 1 fully saturated rings. The van der Waals surface area contributed by atoms with Crippen molar-refractivity contribution in [3.8, 4) is 11.4 Å². The number of benzene rings is 1. The number of sulfonamides is 1. The molecule has 9 heteroatoms. The molecule has 1 saturated heterocycles. The summed E-state index contributed by atoms with van der Waals surface area (Å²) in [5.74, 6) is 1.07. The van der Waals surface area contributed by atoms with Gasteiger partial charge in [-0.1, -0.05) is 0 Å². The Hall–Kier alpha value is -2.91. The Kier molecular flexibility index (Phi) is 5.97. The van der Waals surface area contributed by atoms with E-state index in [9.17, 15) is 12.8 Å².